The normalized spacial score (nSPS) is 20.6. The predicted molar refractivity (Wildman–Crippen MR) is 107 cm³/mol. The zero-order chi connectivity index (χ0) is 21.3. The molecule has 162 valence electrons. The van der Waals surface area contributed by atoms with Gasteiger partial charge in [-0.1, -0.05) is 30.3 Å². The molecular weight excluding hydrogens is 376 g/mol. The number of carbonyl (C=O) groups is 2. The second-order valence-electron chi connectivity index (χ2n) is 7.95. The Bertz CT molecular complexity index is 638. The number of hydrogen-bond donors (Lipinski definition) is 2. The second-order valence-corrected chi connectivity index (χ2v) is 7.95. The summed E-state index contributed by atoms with van der Waals surface area (Å²) in [6.45, 7) is 6.22. The van der Waals surface area contributed by atoms with E-state index in [0.29, 0.717) is 19.4 Å². The SMILES string of the molecule is CC(C)(C)OC(=O)N[C@@H](CCCCN)C(=O)OC1COC(c2ccccc2)OC1. The van der Waals surface area contributed by atoms with Gasteiger partial charge in [-0.3, -0.25) is 0 Å². The molecule has 1 fully saturated rings. The van der Waals surface area contributed by atoms with Crippen LogP contribution in [-0.2, 0) is 23.7 Å². The number of nitrogens with two attached hydrogens (primary N) is 1. The number of hydrogen-bond acceptors (Lipinski definition) is 7. The summed E-state index contributed by atoms with van der Waals surface area (Å²) in [6.07, 6.45) is 0.156. The second kappa shape index (κ2) is 11.1. The maximum atomic E-state index is 12.6. The van der Waals surface area contributed by atoms with Crippen LogP contribution in [0, 0.1) is 0 Å². The van der Waals surface area contributed by atoms with Gasteiger partial charge in [0.05, 0.1) is 13.2 Å². The van der Waals surface area contributed by atoms with E-state index >= 15 is 0 Å². The molecule has 0 saturated carbocycles. The van der Waals surface area contributed by atoms with Crippen LogP contribution < -0.4 is 11.1 Å². The summed E-state index contributed by atoms with van der Waals surface area (Å²) in [5, 5.41) is 2.60. The average molecular weight is 408 g/mol. The largest absolute Gasteiger partial charge is 0.456 e. The van der Waals surface area contributed by atoms with Crippen LogP contribution in [0.1, 0.15) is 51.9 Å². The molecule has 0 aliphatic carbocycles. The summed E-state index contributed by atoms with van der Waals surface area (Å²) in [5.74, 6) is -0.539. The lowest BCUT2D eigenvalue weighted by Crippen LogP contribution is -2.46. The molecule has 1 aromatic carbocycles. The fourth-order valence-corrected chi connectivity index (χ4v) is 2.79. The van der Waals surface area contributed by atoms with E-state index < -0.39 is 36.1 Å². The summed E-state index contributed by atoms with van der Waals surface area (Å²) in [7, 11) is 0. The van der Waals surface area contributed by atoms with E-state index in [1.54, 1.807) is 20.8 Å². The van der Waals surface area contributed by atoms with Gasteiger partial charge in [0.15, 0.2) is 6.29 Å². The third-order valence-electron chi connectivity index (χ3n) is 4.14. The van der Waals surface area contributed by atoms with Crippen molar-refractivity contribution in [2.75, 3.05) is 19.8 Å². The molecule has 8 heteroatoms. The number of amides is 1. The molecule has 1 atom stereocenters. The van der Waals surface area contributed by atoms with Crippen molar-refractivity contribution in [3.8, 4) is 0 Å². The third kappa shape index (κ3) is 8.39. The van der Waals surface area contributed by atoms with E-state index in [1.165, 1.54) is 0 Å². The van der Waals surface area contributed by atoms with Crippen molar-refractivity contribution in [1.29, 1.82) is 0 Å². The van der Waals surface area contributed by atoms with Gasteiger partial charge in [0, 0.05) is 5.56 Å². The van der Waals surface area contributed by atoms with Gasteiger partial charge in [-0.05, 0) is 46.6 Å². The molecule has 0 bridgehead atoms. The molecule has 0 radical (unpaired) electrons. The van der Waals surface area contributed by atoms with E-state index in [1.807, 2.05) is 30.3 Å². The van der Waals surface area contributed by atoms with Crippen molar-refractivity contribution in [2.24, 2.45) is 5.73 Å². The maximum Gasteiger partial charge on any atom is 0.408 e. The van der Waals surface area contributed by atoms with Gasteiger partial charge in [-0.15, -0.1) is 0 Å². The Balaban J connectivity index is 1.87. The summed E-state index contributed by atoms with van der Waals surface area (Å²) < 4.78 is 22.1. The number of rotatable bonds is 8. The van der Waals surface area contributed by atoms with Crippen LogP contribution >= 0.6 is 0 Å². The lowest BCUT2D eigenvalue weighted by atomic mass is 10.1. The first-order valence-electron chi connectivity index (χ1n) is 9.96. The van der Waals surface area contributed by atoms with Gasteiger partial charge in [0.25, 0.3) is 0 Å². The molecule has 3 N–H and O–H groups in total. The van der Waals surface area contributed by atoms with Crippen molar-refractivity contribution in [3.05, 3.63) is 35.9 Å². The zero-order valence-electron chi connectivity index (χ0n) is 17.4. The van der Waals surface area contributed by atoms with Crippen molar-refractivity contribution >= 4 is 12.1 Å². The Hall–Kier alpha value is -2.16. The molecule has 1 aromatic rings. The van der Waals surface area contributed by atoms with E-state index in [0.717, 1.165) is 12.0 Å². The first kappa shape index (κ1) is 23.1. The summed E-state index contributed by atoms with van der Waals surface area (Å²) in [5.41, 5.74) is 5.77. The van der Waals surface area contributed by atoms with Gasteiger partial charge >= 0.3 is 12.1 Å². The Morgan fingerprint density at radius 2 is 1.83 bits per heavy atom. The molecule has 1 heterocycles. The standard InChI is InChI=1S/C21H32N2O6/c1-21(2,3)29-20(25)23-17(11-7-8-12-22)18(24)28-16-13-26-19(27-14-16)15-9-5-4-6-10-15/h4-6,9-10,16-17,19H,7-8,11-14,22H2,1-3H3,(H,23,25)/t16?,17-,19?/m0/s1. The number of ether oxygens (including phenoxy) is 4. The summed E-state index contributed by atoms with van der Waals surface area (Å²) in [4.78, 5) is 24.7. The maximum absolute atomic E-state index is 12.6. The Labute approximate surface area is 172 Å². The monoisotopic (exact) mass is 408 g/mol. The average Bonchev–Trinajstić information content (AvgIpc) is 2.67. The van der Waals surface area contributed by atoms with E-state index in [4.69, 9.17) is 24.7 Å². The van der Waals surface area contributed by atoms with Crippen molar-refractivity contribution in [3.63, 3.8) is 0 Å². The number of unbranched alkanes of at least 4 members (excludes halogenated alkanes) is 1. The molecule has 0 aromatic heterocycles. The van der Waals surface area contributed by atoms with Crippen molar-refractivity contribution in [1.82, 2.24) is 5.32 Å². The fraction of sp³-hybridized carbons (Fsp3) is 0.619. The number of benzene rings is 1. The number of carbonyl (C=O) groups excluding carboxylic acids is 2. The minimum atomic E-state index is -0.816. The van der Waals surface area contributed by atoms with Gasteiger partial charge < -0.3 is 30.0 Å². The Morgan fingerprint density at radius 1 is 1.17 bits per heavy atom. The summed E-state index contributed by atoms with van der Waals surface area (Å²) in [6, 6.07) is 8.73. The van der Waals surface area contributed by atoms with E-state index in [2.05, 4.69) is 5.32 Å². The number of nitrogens with one attached hydrogen (secondary N) is 1. The molecule has 0 unspecified atom stereocenters. The molecule has 2 rings (SSSR count). The van der Waals surface area contributed by atoms with E-state index in [-0.39, 0.29) is 13.2 Å². The highest BCUT2D eigenvalue weighted by Gasteiger charge is 2.30. The highest BCUT2D eigenvalue weighted by molar-refractivity contribution is 5.81. The third-order valence-corrected chi connectivity index (χ3v) is 4.14. The summed E-state index contributed by atoms with van der Waals surface area (Å²) >= 11 is 0. The highest BCUT2D eigenvalue weighted by Crippen LogP contribution is 2.23. The first-order valence-corrected chi connectivity index (χ1v) is 9.96. The number of alkyl carbamates (subject to hydrolysis) is 1. The Kier molecular flexibility index (Phi) is 8.88. The van der Waals surface area contributed by atoms with Gasteiger partial charge in [0.1, 0.15) is 17.7 Å². The molecule has 1 aliphatic rings. The lowest BCUT2D eigenvalue weighted by Gasteiger charge is -2.30. The van der Waals surface area contributed by atoms with Crippen LogP contribution in [0.2, 0.25) is 0 Å². The molecule has 1 amide bonds. The van der Waals surface area contributed by atoms with Crippen LogP contribution in [0.25, 0.3) is 0 Å². The van der Waals surface area contributed by atoms with Crippen LogP contribution in [0.4, 0.5) is 4.79 Å². The molecule has 0 spiro atoms. The van der Waals surface area contributed by atoms with Crippen molar-refractivity contribution in [2.45, 2.75) is 64.1 Å². The lowest BCUT2D eigenvalue weighted by molar-refractivity contribution is -0.230. The molecule has 1 saturated heterocycles. The predicted octanol–water partition coefficient (Wildman–Crippen LogP) is 2.67. The highest BCUT2D eigenvalue weighted by atomic mass is 16.7. The van der Waals surface area contributed by atoms with Gasteiger partial charge in [-0.2, -0.15) is 0 Å². The van der Waals surface area contributed by atoms with Crippen LogP contribution in [0.15, 0.2) is 30.3 Å². The number of esters is 1. The first-order chi connectivity index (χ1) is 13.8. The van der Waals surface area contributed by atoms with Gasteiger partial charge in [-0.25, -0.2) is 9.59 Å². The fourth-order valence-electron chi connectivity index (χ4n) is 2.79. The topological polar surface area (TPSA) is 109 Å². The smallest absolute Gasteiger partial charge is 0.408 e. The minimum absolute atomic E-state index is 0.216. The van der Waals surface area contributed by atoms with Crippen molar-refractivity contribution < 1.29 is 28.5 Å². The van der Waals surface area contributed by atoms with E-state index in [9.17, 15) is 9.59 Å². The Morgan fingerprint density at radius 3 is 2.41 bits per heavy atom. The molecular formula is C21H32N2O6. The molecule has 8 nitrogen and oxygen atoms in total. The van der Waals surface area contributed by atoms with Crippen LogP contribution in [0.5, 0.6) is 0 Å². The quantitative estimate of drug-likeness (QED) is 0.503. The zero-order valence-corrected chi connectivity index (χ0v) is 17.4. The van der Waals surface area contributed by atoms with Gasteiger partial charge in [0.2, 0.25) is 0 Å². The minimum Gasteiger partial charge on any atom is -0.456 e. The molecule has 29 heavy (non-hydrogen) atoms. The van der Waals surface area contributed by atoms with Crippen LogP contribution in [0.3, 0.4) is 0 Å². The van der Waals surface area contributed by atoms with Crippen LogP contribution in [-0.4, -0.2) is 49.6 Å². The molecule has 1 aliphatic heterocycles.